The molecule has 186 valence electrons. The zero-order valence-corrected chi connectivity index (χ0v) is 20.0. The van der Waals surface area contributed by atoms with Gasteiger partial charge >= 0.3 is 0 Å². The topological polar surface area (TPSA) is 80.8 Å². The minimum absolute atomic E-state index is 0.0254. The third-order valence-electron chi connectivity index (χ3n) is 6.70. The van der Waals surface area contributed by atoms with E-state index in [1.165, 1.54) is 0 Å². The summed E-state index contributed by atoms with van der Waals surface area (Å²) in [6.07, 6.45) is 0.824. The van der Waals surface area contributed by atoms with Crippen molar-refractivity contribution in [2.24, 2.45) is 0 Å². The highest BCUT2D eigenvalue weighted by Crippen LogP contribution is 2.33. The van der Waals surface area contributed by atoms with Gasteiger partial charge in [0.1, 0.15) is 5.75 Å². The highest BCUT2D eigenvalue weighted by Gasteiger charge is 2.29. The minimum Gasteiger partial charge on any atom is -0.497 e. The number of hydrogen-bond acceptors (Lipinski definition) is 7. The fourth-order valence-electron chi connectivity index (χ4n) is 4.81. The van der Waals surface area contributed by atoms with Gasteiger partial charge in [-0.1, -0.05) is 6.07 Å². The zero-order valence-electron chi connectivity index (χ0n) is 20.0. The van der Waals surface area contributed by atoms with Crippen LogP contribution in [0.4, 0.5) is 0 Å². The largest absolute Gasteiger partial charge is 0.497 e. The average Bonchev–Trinajstić information content (AvgIpc) is 3.25. The highest BCUT2D eigenvalue weighted by atomic mass is 16.7. The number of carbonyl (C=O) groups is 2. The van der Waals surface area contributed by atoms with Crippen LogP contribution in [0.5, 0.6) is 17.2 Å². The first-order chi connectivity index (χ1) is 17.1. The monoisotopic (exact) mass is 481 g/mol. The molecule has 35 heavy (non-hydrogen) atoms. The summed E-state index contributed by atoms with van der Waals surface area (Å²) in [5.41, 5.74) is 1.24. The van der Waals surface area contributed by atoms with Gasteiger partial charge in [0.25, 0.3) is 11.8 Å². The van der Waals surface area contributed by atoms with E-state index in [1.54, 1.807) is 31.4 Å². The molecule has 0 saturated carbocycles. The smallest absolute Gasteiger partial charge is 0.254 e. The molecule has 2 aromatic carbocycles. The summed E-state index contributed by atoms with van der Waals surface area (Å²) >= 11 is 0. The van der Waals surface area contributed by atoms with E-state index in [-0.39, 0.29) is 24.7 Å². The molecule has 3 heterocycles. The quantitative estimate of drug-likeness (QED) is 0.647. The van der Waals surface area contributed by atoms with Gasteiger partial charge in [0.05, 0.1) is 19.8 Å². The Balaban J connectivity index is 1.15. The Morgan fingerprint density at radius 1 is 0.914 bits per heavy atom. The molecule has 0 bridgehead atoms. The Kier molecular flexibility index (Phi) is 7.06. The number of nitrogens with zero attached hydrogens (tertiary/aromatic N) is 3. The number of rotatable bonds is 5. The van der Waals surface area contributed by atoms with E-state index < -0.39 is 0 Å². The summed E-state index contributed by atoms with van der Waals surface area (Å²) in [6.45, 7) is 5.55. The van der Waals surface area contributed by atoms with Crippen molar-refractivity contribution in [3.8, 4) is 17.2 Å². The van der Waals surface area contributed by atoms with Gasteiger partial charge in [-0.05, 0) is 49.4 Å². The summed E-state index contributed by atoms with van der Waals surface area (Å²) in [4.78, 5) is 32.2. The molecule has 0 aromatic heterocycles. The van der Waals surface area contributed by atoms with Gasteiger partial charge < -0.3 is 28.7 Å². The number of ether oxygens (including phenoxy) is 4. The van der Waals surface area contributed by atoms with Crippen molar-refractivity contribution >= 4 is 11.8 Å². The predicted octanol–water partition coefficient (Wildman–Crippen LogP) is 2.11. The molecule has 2 saturated heterocycles. The number of benzene rings is 2. The molecule has 2 amide bonds. The standard InChI is InChI=1S/C26H31N3O6/c1-32-21-5-2-4-19(14-21)25(30)28-9-3-8-27(10-11-28)16-22-17-29(12-13-33-22)26(31)20-6-7-23-24(15-20)35-18-34-23/h2,4-7,14-15,22H,3,8-13,16-18H2,1H3. The molecular formula is C26H31N3O6. The van der Waals surface area contributed by atoms with Crippen molar-refractivity contribution in [2.75, 3.05) is 66.3 Å². The maximum atomic E-state index is 13.1. The Morgan fingerprint density at radius 2 is 1.74 bits per heavy atom. The van der Waals surface area contributed by atoms with Crippen molar-refractivity contribution in [1.29, 1.82) is 0 Å². The van der Waals surface area contributed by atoms with Crippen LogP contribution in [0.2, 0.25) is 0 Å². The van der Waals surface area contributed by atoms with E-state index in [0.717, 1.165) is 26.1 Å². The zero-order chi connectivity index (χ0) is 24.2. The second-order valence-electron chi connectivity index (χ2n) is 8.99. The molecule has 9 heteroatoms. The molecule has 0 N–H and O–H groups in total. The molecule has 1 unspecified atom stereocenters. The summed E-state index contributed by atoms with van der Waals surface area (Å²) in [6, 6.07) is 12.6. The van der Waals surface area contributed by atoms with Crippen LogP contribution in [0.25, 0.3) is 0 Å². The molecular weight excluding hydrogens is 450 g/mol. The molecule has 2 aromatic rings. The lowest BCUT2D eigenvalue weighted by Gasteiger charge is -2.35. The van der Waals surface area contributed by atoms with Gasteiger partial charge in [-0.15, -0.1) is 0 Å². The van der Waals surface area contributed by atoms with Gasteiger partial charge in [-0.2, -0.15) is 0 Å². The number of amides is 2. The van der Waals surface area contributed by atoms with Gasteiger partial charge in [0.15, 0.2) is 11.5 Å². The lowest BCUT2D eigenvalue weighted by molar-refractivity contribution is -0.0353. The highest BCUT2D eigenvalue weighted by molar-refractivity contribution is 5.95. The van der Waals surface area contributed by atoms with Gasteiger partial charge in [-0.25, -0.2) is 0 Å². The minimum atomic E-state index is -0.0673. The van der Waals surface area contributed by atoms with Crippen LogP contribution in [0.15, 0.2) is 42.5 Å². The lowest BCUT2D eigenvalue weighted by atomic mass is 10.1. The van der Waals surface area contributed by atoms with E-state index >= 15 is 0 Å². The van der Waals surface area contributed by atoms with Crippen LogP contribution in [0, 0.1) is 0 Å². The van der Waals surface area contributed by atoms with Crippen molar-refractivity contribution in [1.82, 2.24) is 14.7 Å². The normalized spacial score (nSPS) is 20.4. The summed E-state index contributed by atoms with van der Waals surface area (Å²) < 4.78 is 22.0. The van der Waals surface area contributed by atoms with E-state index in [0.29, 0.717) is 61.2 Å². The first-order valence-corrected chi connectivity index (χ1v) is 12.1. The summed E-state index contributed by atoms with van der Waals surface area (Å²) in [5.74, 6) is 1.96. The predicted molar refractivity (Wildman–Crippen MR) is 128 cm³/mol. The van der Waals surface area contributed by atoms with Crippen molar-refractivity contribution in [2.45, 2.75) is 12.5 Å². The lowest BCUT2D eigenvalue weighted by Crippen LogP contribution is -2.50. The first kappa shape index (κ1) is 23.4. The van der Waals surface area contributed by atoms with Crippen molar-refractivity contribution < 1.29 is 28.5 Å². The summed E-state index contributed by atoms with van der Waals surface area (Å²) in [7, 11) is 1.60. The van der Waals surface area contributed by atoms with E-state index in [9.17, 15) is 9.59 Å². The third-order valence-corrected chi connectivity index (χ3v) is 6.70. The second kappa shape index (κ2) is 10.5. The van der Waals surface area contributed by atoms with Crippen LogP contribution in [-0.2, 0) is 4.74 Å². The molecule has 5 rings (SSSR count). The maximum absolute atomic E-state index is 13.1. The van der Waals surface area contributed by atoms with E-state index in [2.05, 4.69) is 4.90 Å². The SMILES string of the molecule is COc1cccc(C(=O)N2CCCN(CC3CN(C(=O)c4ccc5c(c4)OCO5)CCO3)CC2)c1. The molecule has 0 radical (unpaired) electrons. The molecule has 3 aliphatic rings. The molecule has 2 fully saturated rings. The third kappa shape index (κ3) is 5.36. The molecule has 1 atom stereocenters. The van der Waals surface area contributed by atoms with Crippen LogP contribution < -0.4 is 14.2 Å². The summed E-state index contributed by atoms with van der Waals surface area (Å²) in [5, 5.41) is 0. The van der Waals surface area contributed by atoms with Crippen LogP contribution in [0.1, 0.15) is 27.1 Å². The molecule has 9 nitrogen and oxygen atoms in total. The Bertz CT molecular complexity index is 1080. The van der Waals surface area contributed by atoms with Crippen molar-refractivity contribution in [3.05, 3.63) is 53.6 Å². The second-order valence-corrected chi connectivity index (χ2v) is 8.99. The number of methoxy groups -OCH3 is 1. The van der Waals surface area contributed by atoms with Crippen LogP contribution in [0.3, 0.4) is 0 Å². The number of hydrogen-bond donors (Lipinski definition) is 0. The van der Waals surface area contributed by atoms with Gasteiger partial charge in [0.2, 0.25) is 6.79 Å². The van der Waals surface area contributed by atoms with Gasteiger partial charge in [-0.3, -0.25) is 14.5 Å². The first-order valence-electron chi connectivity index (χ1n) is 12.1. The Labute approximate surface area is 205 Å². The number of morpholine rings is 1. The van der Waals surface area contributed by atoms with Crippen LogP contribution in [-0.4, -0.2) is 98.9 Å². The van der Waals surface area contributed by atoms with Crippen molar-refractivity contribution in [3.63, 3.8) is 0 Å². The molecule has 3 aliphatic heterocycles. The van der Waals surface area contributed by atoms with E-state index in [1.807, 2.05) is 28.0 Å². The fraction of sp³-hybridized carbons (Fsp3) is 0.462. The molecule has 0 aliphatic carbocycles. The fourth-order valence-corrected chi connectivity index (χ4v) is 4.81. The Hall–Kier alpha value is -3.30. The number of fused-ring (bicyclic) bond motifs is 1. The van der Waals surface area contributed by atoms with Gasteiger partial charge in [0, 0.05) is 50.4 Å². The van der Waals surface area contributed by atoms with E-state index in [4.69, 9.17) is 18.9 Å². The molecule has 0 spiro atoms. The maximum Gasteiger partial charge on any atom is 0.254 e. The average molecular weight is 482 g/mol. The number of carbonyl (C=O) groups excluding carboxylic acids is 2. The Morgan fingerprint density at radius 3 is 2.63 bits per heavy atom. The van der Waals surface area contributed by atoms with Crippen LogP contribution >= 0.6 is 0 Å².